The van der Waals surface area contributed by atoms with Gasteiger partial charge in [0.15, 0.2) is 11.5 Å². The van der Waals surface area contributed by atoms with Crippen LogP contribution >= 0.6 is 0 Å². The number of fused-ring (bicyclic) bond motifs is 2. The molecule has 12 heteroatoms. The average molecular weight is 675 g/mol. The standard InChI is InChI=1S/C37H46N4O8/c1-24-20-41(25(2)22-42)36(44)30-18-28(38-35(43)27-11-6-5-7-12-27)13-15-31(30)49-26(3)10-8-9-17-46-34(24)21-40(4)37(45)39-29-14-16-32-33(19-29)48-23-47-32/h5-7,11-16,18-19,24-26,34,42H,8-10,17,20-23H2,1-4H3,(H,38,43)(H,39,45)/t24-,25+,26-,34+/m0/s1. The zero-order valence-corrected chi connectivity index (χ0v) is 28.5. The second-order valence-corrected chi connectivity index (χ2v) is 12.7. The fourth-order valence-corrected chi connectivity index (χ4v) is 5.80. The van der Waals surface area contributed by atoms with E-state index in [4.69, 9.17) is 18.9 Å². The van der Waals surface area contributed by atoms with E-state index in [2.05, 4.69) is 10.6 Å². The van der Waals surface area contributed by atoms with Crippen molar-refractivity contribution < 1.29 is 38.4 Å². The molecule has 0 radical (unpaired) electrons. The molecule has 0 aliphatic carbocycles. The van der Waals surface area contributed by atoms with Gasteiger partial charge >= 0.3 is 6.03 Å². The molecular weight excluding hydrogens is 628 g/mol. The number of nitrogens with zero attached hydrogens (tertiary/aromatic N) is 2. The van der Waals surface area contributed by atoms with Crippen molar-refractivity contribution in [3.05, 3.63) is 77.9 Å². The van der Waals surface area contributed by atoms with Crippen molar-refractivity contribution in [3.8, 4) is 17.2 Å². The number of urea groups is 1. The molecule has 3 aromatic carbocycles. The van der Waals surface area contributed by atoms with E-state index >= 15 is 0 Å². The summed E-state index contributed by atoms with van der Waals surface area (Å²) in [5.41, 5.74) is 1.78. The van der Waals surface area contributed by atoms with E-state index in [1.54, 1.807) is 84.4 Å². The lowest BCUT2D eigenvalue weighted by atomic mass is 10.0. The summed E-state index contributed by atoms with van der Waals surface area (Å²) in [6.45, 7) is 6.56. The third-order valence-corrected chi connectivity index (χ3v) is 8.77. The Morgan fingerprint density at radius 1 is 0.959 bits per heavy atom. The van der Waals surface area contributed by atoms with Crippen LogP contribution < -0.4 is 24.8 Å². The molecule has 2 aliphatic rings. The molecule has 0 saturated carbocycles. The molecule has 0 spiro atoms. The third kappa shape index (κ3) is 9.21. The Morgan fingerprint density at radius 2 is 1.67 bits per heavy atom. The fraction of sp³-hybridized carbons (Fsp3) is 0.432. The van der Waals surface area contributed by atoms with Crippen molar-refractivity contribution in [2.75, 3.05) is 50.8 Å². The Bertz CT molecular complexity index is 1600. The SMILES string of the molecule is C[C@H](CO)N1C[C@H](C)[C@@H](CN(C)C(=O)Nc2ccc3c(c2)OCO3)OCCCC[C@H](C)Oc2ccc(NC(=O)c3ccccc3)cc2C1=O. The summed E-state index contributed by atoms with van der Waals surface area (Å²) in [6.07, 6.45) is 1.75. The number of nitrogens with one attached hydrogen (secondary N) is 2. The quantitative estimate of drug-likeness (QED) is 0.293. The molecule has 4 amide bonds. The highest BCUT2D eigenvalue weighted by atomic mass is 16.7. The minimum atomic E-state index is -0.539. The van der Waals surface area contributed by atoms with Gasteiger partial charge in [-0.25, -0.2) is 4.79 Å². The van der Waals surface area contributed by atoms with Crippen molar-refractivity contribution in [3.63, 3.8) is 0 Å². The van der Waals surface area contributed by atoms with Crippen molar-refractivity contribution in [1.82, 2.24) is 9.80 Å². The van der Waals surface area contributed by atoms with Gasteiger partial charge in [0.2, 0.25) is 6.79 Å². The number of rotatable bonds is 7. The number of hydrogen-bond acceptors (Lipinski definition) is 8. The van der Waals surface area contributed by atoms with Gasteiger partial charge in [0.25, 0.3) is 11.8 Å². The van der Waals surface area contributed by atoms with E-state index in [1.807, 2.05) is 19.9 Å². The number of amides is 4. The number of benzene rings is 3. The molecule has 49 heavy (non-hydrogen) atoms. The van der Waals surface area contributed by atoms with Crippen LogP contribution in [-0.4, -0.2) is 91.1 Å². The van der Waals surface area contributed by atoms with Gasteiger partial charge in [0.05, 0.1) is 30.4 Å². The zero-order valence-electron chi connectivity index (χ0n) is 28.5. The first-order chi connectivity index (χ1) is 23.6. The van der Waals surface area contributed by atoms with E-state index in [0.29, 0.717) is 40.8 Å². The number of carbonyl (C=O) groups excluding carboxylic acids is 3. The predicted molar refractivity (Wildman–Crippen MR) is 185 cm³/mol. The average Bonchev–Trinajstić information content (AvgIpc) is 3.58. The Hall–Kier alpha value is -4.81. The van der Waals surface area contributed by atoms with Gasteiger partial charge in [-0.3, -0.25) is 9.59 Å². The molecule has 0 unspecified atom stereocenters. The monoisotopic (exact) mass is 674 g/mol. The van der Waals surface area contributed by atoms with Gasteiger partial charge in [-0.15, -0.1) is 0 Å². The molecule has 3 N–H and O–H groups in total. The molecule has 0 fully saturated rings. The molecule has 5 rings (SSSR count). The van der Waals surface area contributed by atoms with Crippen LogP contribution in [-0.2, 0) is 4.74 Å². The Kier molecular flexibility index (Phi) is 12.0. The van der Waals surface area contributed by atoms with Crippen LogP contribution in [0.25, 0.3) is 0 Å². The predicted octanol–water partition coefficient (Wildman–Crippen LogP) is 5.63. The maximum atomic E-state index is 14.4. The van der Waals surface area contributed by atoms with E-state index in [-0.39, 0.29) is 61.9 Å². The maximum absolute atomic E-state index is 14.4. The summed E-state index contributed by atoms with van der Waals surface area (Å²) in [6, 6.07) is 18.2. The second-order valence-electron chi connectivity index (χ2n) is 12.7. The minimum Gasteiger partial charge on any atom is -0.490 e. The highest BCUT2D eigenvalue weighted by Gasteiger charge is 2.31. The molecule has 2 heterocycles. The summed E-state index contributed by atoms with van der Waals surface area (Å²) >= 11 is 0. The fourth-order valence-electron chi connectivity index (χ4n) is 5.80. The first-order valence-electron chi connectivity index (χ1n) is 16.7. The molecule has 0 saturated heterocycles. The molecule has 0 aromatic heterocycles. The molecule has 2 aliphatic heterocycles. The van der Waals surface area contributed by atoms with E-state index in [1.165, 1.54) is 0 Å². The first kappa shape index (κ1) is 35.5. The number of aliphatic hydroxyl groups excluding tert-OH is 1. The van der Waals surface area contributed by atoms with Crippen molar-refractivity contribution in [2.24, 2.45) is 5.92 Å². The summed E-state index contributed by atoms with van der Waals surface area (Å²) in [7, 11) is 1.70. The summed E-state index contributed by atoms with van der Waals surface area (Å²) in [5.74, 6) is 0.716. The Labute approximate surface area is 287 Å². The molecule has 262 valence electrons. The lowest BCUT2D eigenvalue weighted by Gasteiger charge is -2.35. The van der Waals surface area contributed by atoms with Crippen LogP contribution in [0.3, 0.4) is 0 Å². The normalized spacial score (nSPS) is 20.3. The van der Waals surface area contributed by atoms with Crippen molar-refractivity contribution in [1.29, 1.82) is 0 Å². The van der Waals surface area contributed by atoms with Crippen LogP contribution in [0.5, 0.6) is 17.2 Å². The van der Waals surface area contributed by atoms with Crippen molar-refractivity contribution in [2.45, 2.75) is 58.3 Å². The van der Waals surface area contributed by atoms with Crippen LogP contribution in [0, 0.1) is 5.92 Å². The lowest BCUT2D eigenvalue weighted by Crippen LogP contribution is -2.48. The highest BCUT2D eigenvalue weighted by Crippen LogP contribution is 2.34. The van der Waals surface area contributed by atoms with Gasteiger partial charge in [0, 0.05) is 55.7 Å². The first-order valence-corrected chi connectivity index (χ1v) is 16.7. The number of ether oxygens (including phenoxy) is 4. The Balaban J connectivity index is 1.36. The van der Waals surface area contributed by atoms with E-state index < -0.39 is 12.1 Å². The number of aliphatic hydroxyl groups is 1. The molecular formula is C37H46N4O8. The third-order valence-electron chi connectivity index (χ3n) is 8.77. The van der Waals surface area contributed by atoms with Gasteiger partial charge in [-0.05, 0) is 75.6 Å². The Morgan fingerprint density at radius 3 is 2.43 bits per heavy atom. The number of carbonyl (C=O) groups is 3. The molecule has 0 bridgehead atoms. The molecule has 4 atom stereocenters. The number of hydrogen-bond donors (Lipinski definition) is 3. The zero-order chi connectivity index (χ0) is 34.9. The number of anilines is 2. The van der Waals surface area contributed by atoms with Crippen LogP contribution in [0.15, 0.2) is 66.7 Å². The topological polar surface area (TPSA) is 139 Å². The molecule has 3 aromatic rings. The summed E-state index contributed by atoms with van der Waals surface area (Å²) < 4.78 is 23.5. The highest BCUT2D eigenvalue weighted by molar-refractivity contribution is 6.05. The van der Waals surface area contributed by atoms with Gasteiger partial charge in [0.1, 0.15) is 5.75 Å². The lowest BCUT2D eigenvalue weighted by molar-refractivity contribution is -0.0115. The largest absolute Gasteiger partial charge is 0.490 e. The van der Waals surface area contributed by atoms with E-state index in [9.17, 15) is 19.5 Å². The van der Waals surface area contributed by atoms with Gasteiger partial charge < -0.3 is 44.5 Å². The smallest absolute Gasteiger partial charge is 0.321 e. The van der Waals surface area contributed by atoms with Gasteiger partial charge in [-0.1, -0.05) is 25.1 Å². The summed E-state index contributed by atoms with van der Waals surface area (Å²) in [4.78, 5) is 43.7. The van der Waals surface area contributed by atoms with Crippen LogP contribution in [0.1, 0.15) is 60.7 Å². The summed E-state index contributed by atoms with van der Waals surface area (Å²) in [5, 5.41) is 16.0. The van der Waals surface area contributed by atoms with Crippen LogP contribution in [0.2, 0.25) is 0 Å². The molecule has 12 nitrogen and oxygen atoms in total. The maximum Gasteiger partial charge on any atom is 0.321 e. The van der Waals surface area contributed by atoms with Gasteiger partial charge in [-0.2, -0.15) is 0 Å². The number of likely N-dealkylation sites (N-methyl/N-ethyl adjacent to an activating group) is 1. The minimum absolute atomic E-state index is 0.140. The second kappa shape index (κ2) is 16.5. The van der Waals surface area contributed by atoms with E-state index in [0.717, 1.165) is 19.3 Å². The van der Waals surface area contributed by atoms with Crippen LogP contribution in [0.4, 0.5) is 16.2 Å². The van der Waals surface area contributed by atoms with Crippen molar-refractivity contribution >= 4 is 29.2 Å².